The van der Waals surface area contributed by atoms with Gasteiger partial charge in [0.2, 0.25) is 0 Å². The molecule has 0 unspecified atom stereocenters. The van der Waals surface area contributed by atoms with Gasteiger partial charge in [-0.25, -0.2) is 0 Å². The first-order valence-corrected chi connectivity index (χ1v) is 6.51. The highest BCUT2D eigenvalue weighted by molar-refractivity contribution is 5.93. The number of aromatic nitrogens is 1. The third-order valence-corrected chi connectivity index (χ3v) is 3.36. The Bertz CT molecular complexity index is 397. The highest BCUT2D eigenvalue weighted by Gasteiger charge is 2.20. The third-order valence-electron chi connectivity index (χ3n) is 3.36. The molecule has 100 valence electrons. The van der Waals surface area contributed by atoms with Crippen LogP contribution in [0.1, 0.15) is 36.3 Å². The fourth-order valence-corrected chi connectivity index (χ4v) is 2.33. The van der Waals surface area contributed by atoms with Gasteiger partial charge in [-0.1, -0.05) is 0 Å². The number of rotatable bonds is 4. The number of aliphatic hydroxyl groups is 1. The van der Waals surface area contributed by atoms with E-state index in [1.165, 1.54) is 0 Å². The number of nitrogens with zero attached hydrogens (tertiary/aromatic N) is 1. The van der Waals surface area contributed by atoms with Gasteiger partial charge in [0.05, 0.1) is 6.61 Å². The van der Waals surface area contributed by atoms with Crippen LogP contribution in [0.15, 0.2) is 18.3 Å². The molecule has 1 aliphatic rings. The number of amides is 1. The average Bonchev–Trinajstić information content (AvgIpc) is 2.88. The molecule has 3 N–H and O–H groups in total. The molecule has 2 rings (SSSR count). The molecule has 1 aliphatic heterocycles. The molecule has 5 heteroatoms. The second kappa shape index (κ2) is 6.02. The number of aliphatic hydroxyl groups excluding tert-OH is 1. The van der Waals surface area contributed by atoms with Crippen molar-refractivity contribution in [2.75, 3.05) is 19.7 Å². The molecule has 0 radical (unpaired) electrons. The van der Waals surface area contributed by atoms with Crippen LogP contribution in [0.2, 0.25) is 0 Å². The Morgan fingerprint density at radius 2 is 2.33 bits per heavy atom. The van der Waals surface area contributed by atoms with Gasteiger partial charge in [0.1, 0.15) is 5.69 Å². The van der Waals surface area contributed by atoms with Gasteiger partial charge in [0.15, 0.2) is 0 Å². The summed E-state index contributed by atoms with van der Waals surface area (Å²) in [5.41, 5.74) is 0.683. The molecule has 1 aromatic rings. The zero-order chi connectivity index (χ0) is 13.0. The quantitative estimate of drug-likeness (QED) is 0.731. The van der Waals surface area contributed by atoms with Gasteiger partial charge in [-0.2, -0.15) is 0 Å². The van der Waals surface area contributed by atoms with Crippen LogP contribution in [0.4, 0.5) is 0 Å². The summed E-state index contributed by atoms with van der Waals surface area (Å²) in [7, 11) is 0. The Morgan fingerprint density at radius 1 is 1.61 bits per heavy atom. The Labute approximate surface area is 107 Å². The minimum Gasteiger partial charge on any atom is -0.394 e. The SMILES string of the molecule is C[C@@H](CO)NC(=O)c1cccn1C1CCNCC1. The van der Waals surface area contributed by atoms with Crippen LogP contribution in [0, 0.1) is 0 Å². The maximum atomic E-state index is 12.1. The van der Waals surface area contributed by atoms with Crippen LogP contribution in [-0.2, 0) is 0 Å². The summed E-state index contributed by atoms with van der Waals surface area (Å²) >= 11 is 0. The molecule has 1 saturated heterocycles. The van der Waals surface area contributed by atoms with Gasteiger partial charge in [0.25, 0.3) is 5.91 Å². The van der Waals surface area contributed by atoms with Crippen molar-refractivity contribution in [3.8, 4) is 0 Å². The van der Waals surface area contributed by atoms with E-state index in [4.69, 9.17) is 5.11 Å². The van der Waals surface area contributed by atoms with Crippen molar-refractivity contribution in [1.29, 1.82) is 0 Å². The molecule has 1 fully saturated rings. The molecule has 0 saturated carbocycles. The second-order valence-electron chi connectivity index (χ2n) is 4.84. The Balaban J connectivity index is 2.09. The van der Waals surface area contributed by atoms with Crippen molar-refractivity contribution in [3.63, 3.8) is 0 Å². The van der Waals surface area contributed by atoms with Gasteiger partial charge < -0.3 is 20.3 Å². The fourth-order valence-electron chi connectivity index (χ4n) is 2.33. The van der Waals surface area contributed by atoms with Crippen LogP contribution < -0.4 is 10.6 Å². The summed E-state index contributed by atoms with van der Waals surface area (Å²) in [6, 6.07) is 3.92. The number of nitrogens with one attached hydrogen (secondary N) is 2. The maximum absolute atomic E-state index is 12.1. The van der Waals surface area contributed by atoms with Crippen LogP contribution in [0.25, 0.3) is 0 Å². The fraction of sp³-hybridized carbons (Fsp3) is 0.615. The highest BCUT2D eigenvalue weighted by Crippen LogP contribution is 2.21. The zero-order valence-corrected chi connectivity index (χ0v) is 10.7. The molecule has 1 atom stereocenters. The predicted octanol–water partition coefficient (Wildman–Crippen LogP) is 0.523. The van der Waals surface area contributed by atoms with E-state index < -0.39 is 0 Å². The van der Waals surface area contributed by atoms with E-state index in [2.05, 4.69) is 15.2 Å². The smallest absolute Gasteiger partial charge is 0.268 e. The molecule has 0 aliphatic carbocycles. The topological polar surface area (TPSA) is 66.3 Å². The van der Waals surface area contributed by atoms with Crippen molar-refractivity contribution in [1.82, 2.24) is 15.2 Å². The van der Waals surface area contributed by atoms with E-state index in [9.17, 15) is 4.79 Å². The maximum Gasteiger partial charge on any atom is 0.268 e. The van der Waals surface area contributed by atoms with Crippen molar-refractivity contribution in [3.05, 3.63) is 24.0 Å². The lowest BCUT2D eigenvalue weighted by molar-refractivity contribution is 0.0909. The molecular formula is C13H21N3O2. The lowest BCUT2D eigenvalue weighted by Gasteiger charge is -2.26. The minimum absolute atomic E-state index is 0.0419. The number of hydrogen-bond acceptors (Lipinski definition) is 3. The molecule has 0 spiro atoms. The molecule has 5 nitrogen and oxygen atoms in total. The first-order chi connectivity index (χ1) is 8.72. The van der Waals surface area contributed by atoms with E-state index in [0.717, 1.165) is 25.9 Å². The van der Waals surface area contributed by atoms with E-state index in [-0.39, 0.29) is 18.6 Å². The van der Waals surface area contributed by atoms with Crippen LogP contribution in [0.3, 0.4) is 0 Å². The normalized spacial score (nSPS) is 18.6. The number of carbonyl (C=O) groups is 1. The lowest BCUT2D eigenvalue weighted by Crippen LogP contribution is -2.37. The van der Waals surface area contributed by atoms with Gasteiger partial charge in [-0.15, -0.1) is 0 Å². The minimum atomic E-state index is -0.214. The van der Waals surface area contributed by atoms with Crippen LogP contribution >= 0.6 is 0 Å². The van der Waals surface area contributed by atoms with E-state index in [0.29, 0.717) is 11.7 Å². The van der Waals surface area contributed by atoms with Gasteiger partial charge in [-0.05, 0) is 45.0 Å². The molecular weight excluding hydrogens is 230 g/mol. The summed E-state index contributed by atoms with van der Waals surface area (Å²) in [4.78, 5) is 12.1. The highest BCUT2D eigenvalue weighted by atomic mass is 16.3. The summed E-state index contributed by atoms with van der Waals surface area (Å²) in [6.07, 6.45) is 4.06. The van der Waals surface area contributed by atoms with E-state index in [1.54, 1.807) is 6.92 Å². The Kier molecular flexibility index (Phi) is 4.38. The lowest BCUT2D eigenvalue weighted by atomic mass is 10.1. The van der Waals surface area contributed by atoms with E-state index >= 15 is 0 Å². The molecule has 0 bridgehead atoms. The molecule has 1 aromatic heterocycles. The summed E-state index contributed by atoms with van der Waals surface area (Å²) in [6.45, 7) is 3.74. The standard InChI is InChI=1S/C13H21N3O2/c1-10(9-17)15-13(18)12-3-2-8-16(12)11-4-6-14-7-5-11/h2-3,8,10-11,14,17H,4-7,9H2,1H3,(H,15,18)/t10-/m0/s1. The monoisotopic (exact) mass is 251 g/mol. The van der Waals surface area contributed by atoms with Crippen molar-refractivity contribution < 1.29 is 9.90 Å². The Morgan fingerprint density at radius 3 is 3.00 bits per heavy atom. The predicted molar refractivity (Wildman–Crippen MR) is 69.6 cm³/mol. The average molecular weight is 251 g/mol. The largest absolute Gasteiger partial charge is 0.394 e. The molecule has 18 heavy (non-hydrogen) atoms. The molecule has 2 heterocycles. The van der Waals surface area contributed by atoms with Crippen LogP contribution in [0.5, 0.6) is 0 Å². The van der Waals surface area contributed by atoms with Crippen molar-refractivity contribution >= 4 is 5.91 Å². The first-order valence-electron chi connectivity index (χ1n) is 6.51. The van der Waals surface area contributed by atoms with Gasteiger partial charge in [0, 0.05) is 18.3 Å². The summed E-state index contributed by atoms with van der Waals surface area (Å²) in [5.74, 6) is -0.111. The number of hydrogen-bond donors (Lipinski definition) is 3. The van der Waals surface area contributed by atoms with Crippen molar-refractivity contribution in [2.24, 2.45) is 0 Å². The third kappa shape index (κ3) is 2.91. The van der Waals surface area contributed by atoms with Gasteiger partial charge >= 0.3 is 0 Å². The molecule has 1 amide bonds. The Hall–Kier alpha value is -1.33. The summed E-state index contributed by atoms with van der Waals surface area (Å²) in [5, 5.41) is 15.1. The summed E-state index contributed by atoms with van der Waals surface area (Å²) < 4.78 is 2.06. The van der Waals surface area contributed by atoms with E-state index in [1.807, 2.05) is 18.3 Å². The van der Waals surface area contributed by atoms with Gasteiger partial charge in [-0.3, -0.25) is 4.79 Å². The van der Waals surface area contributed by atoms with Crippen LogP contribution in [-0.4, -0.2) is 41.3 Å². The van der Waals surface area contributed by atoms with Crippen molar-refractivity contribution in [2.45, 2.75) is 31.8 Å². The number of carbonyl (C=O) groups excluding carboxylic acids is 1. The zero-order valence-electron chi connectivity index (χ0n) is 10.7. The number of piperidine rings is 1. The second-order valence-corrected chi connectivity index (χ2v) is 4.84. The molecule has 0 aromatic carbocycles. The first kappa shape index (κ1) is 13.1.